The molecule has 1 aliphatic rings. The van der Waals surface area contributed by atoms with Gasteiger partial charge in [-0.25, -0.2) is 4.79 Å². The molecule has 2 aromatic heterocycles. The minimum atomic E-state index is -0.851. The number of halogens is 2. The molecule has 192 valence electrons. The highest BCUT2D eigenvalue weighted by Crippen LogP contribution is 2.28. The highest BCUT2D eigenvalue weighted by molar-refractivity contribution is 6.42. The molecule has 4 N–H and O–H groups in total. The first-order valence-corrected chi connectivity index (χ1v) is 12.2. The number of carboxylic acids is 1. The lowest BCUT2D eigenvalue weighted by Crippen LogP contribution is -2.40. The molecule has 3 aromatic rings. The highest BCUT2D eigenvalue weighted by atomic mass is 35.5. The minimum Gasteiger partial charge on any atom is -0.481 e. The van der Waals surface area contributed by atoms with E-state index in [0.29, 0.717) is 28.5 Å². The molecule has 1 aliphatic carbocycles. The van der Waals surface area contributed by atoms with Crippen LogP contribution in [-0.2, 0) is 29.7 Å². The van der Waals surface area contributed by atoms with Crippen molar-refractivity contribution in [3.8, 4) is 0 Å². The van der Waals surface area contributed by atoms with Crippen LogP contribution < -0.4 is 22.3 Å². The minimum absolute atomic E-state index is 0.0506. The molecular weight excluding hydrogens is 511 g/mol. The van der Waals surface area contributed by atoms with Crippen molar-refractivity contribution in [3.05, 3.63) is 54.6 Å². The molecule has 13 heteroatoms. The second kappa shape index (κ2) is 10.4. The van der Waals surface area contributed by atoms with Gasteiger partial charge >= 0.3 is 11.7 Å². The van der Waals surface area contributed by atoms with E-state index < -0.39 is 29.0 Å². The molecule has 1 aromatic carbocycles. The van der Waals surface area contributed by atoms with Gasteiger partial charge in [-0.05, 0) is 37.0 Å². The standard InChI is InChI=1S/C23H26Cl2N6O5/c1-29-19-18(20(33)31(23(29)36)11-12-5-6-15(24)16(25)9-12)30(8-7-17(26)32)22(28-19)27-14-4-2-3-13(10-14)21(34)35/h5-6,9,13-14H,2-4,7-8,10-11H2,1H3,(H2,26,32)(H,27,28)(H,34,35). The van der Waals surface area contributed by atoms with Gasteiger partial charge in [-0.3, -0.25) is 23.5 Å². The van der Waals surface area contributed by atoms with Gasteiger partial charge in [0.15, 0.2) is 11.2 Å². The largest absolute Gasteiger partial charge is 0.481 e. The highest BCUT2D eigenvalue weighted by Gasteiger charge is 2.29. The molecule has 11 nitrogen and oxygen atoms in total. The van der Waals surface area contributed by atoms with Crippen LogP contribution in [0.5, 0.6) is 0 Å². The fourth-order valence-corrected chi connectivity index (χ4v) is 4.93. The quantitative estimate of drug-likeness (QED) is 0.398. The Kier molecular flexibility index (Phi) is 7.41. The summed E-state index contributed by atoms with van der Waals surface area (Å²) in [6, 6.07) is 4.64. The van der Waals surface area contributed by atoms with Gasteiger partial charge < -0.3 is 20.7 Å². The molecule has 36 heavy (non-hydrogen) atoms. The number of benzene rings is 1. The van der Waals surface area contributed by atoms with Gasteiger partial charge in [0.1, 0.15) is 0 Å². The van der Waals surface area contributed by atoms with Gasteiger partial charge in [-0.15, -0.1) is 0 Å². The van der Waals surface area contributed by atoms with E-state index in [1.165, 1.54) is 16.2 Å². The van der Waals surface area contributed by atoms with Crippen molar-refractivity contribution in [2.45, 2.75) is 51.2 Å². The maximum absolute atomic E-state index is 13.6. The van der Waals surface area contributed by atoms with E-state index in [4.69, 9.17) is 28.9 Å². The van der Waals surface area contributed by atoms with Crippen molar-refractivity contribution in [1.82, 2.24) is 18.7 Å². The normalized spacial score (nSPS) is 17.9. The first-order valence-electron chi connectivity index (χ1n) is 11.5. The predicted octanol–water partition coefficient (Wildman–Crippen LogP) is 2.18. The number of hydrogen-bond acceptors (Lipinski definition) is 6. The maximum atomic E-state index is 13.6. The lowest BCUT2D eigenvalue weighted by Gasteiger charge is -2.27. The molecule has 2 atom stereocenters. The van der Waals surface area contributed by atoms with Crippen LogP contribution in [0.2, 0.25) is 10.0 Å². The number of anilines is 1. The van der Waals surface area contributed by atoms with Crippen LogP contribution in [0, 0.1) is 5.92 Å². The first kappa shape index (κ1) is 25.8. The number of carbonyl (C=O) groups is 2. The van der Waals surface area contributed by atoms with E-state index in [9.17, 15) is 24.3 Å². The molecule has 0 spiro atoms. The molecule has 4 rings (SSSR count). The zero-order valence-electron chi connectivity index (χ0n) is 19.5. The maximum Gasteiger partial charge on any atom is 0.332 e. The Morgan fingerprint density at radius 1 is 1.19 bits per heavy atom. The average molecular weight is 537 g/mol. The van der Waals surface area contributed by atoms with E-state index in [2.05, 4.69) is 10.3 Å². The van der Waals surface area contributed by atoms with Crippen molar-refractivity contribution < 1.29 is 14.7 Å². The Hall–Kier alpha value is -3.31. The number of fused-ring (bicyclic) bond motifs is 1. The molecule has 0 aliphatic heterocycles. The number of hydrogen-bond donors (Lipinski definition) is 3. The molecule has 0 bridgehead atoms. The third kappa shape index (κ3) is 5.12. The number of nitrogens with one attached hydrogen (secondary N) is 1. The molecule has 2 heterocycles. The van der Waals surface area contributed by atoms with Gasteiger partial charge in [0.05, 0.1) is 22.5 Å². The van der Waals surface area contributed by atoms with E-state index in [1.54, 1.807) is 18.2 Å². The number of nitrogens with zero attached hydrogens (tertiary/aromatic N) is 4. The summed E-state index contributed by atoms with van der Waals surface area (Å²) in [6.45, 7) is 0.00841. The summed E-state index contributed by atoms with van der Waals surface area (Å²) >= 11 is 12.1. The zero-order valence-corrected chi connectivity index (χ0v) is 21.1. The summed E-state index contributed by atoms with van der Waals surface area (Å²) in [5.74, 6) is -1.61. The van der Waals surface area contributed by atoms with E-state index in [0.717, 1.165) is 17.4 Å². The van der Waals surface area contributed by atoms with Crippen molar-refractivity contribution in [1.29, 1.82) is 0 Å². The number of amides is 1. The van der Waals surface area contributed by atoms with E-state index in [-0.39, 0.29) is 42.7 Å². The second-order valence-electron chi connectivity index (χ2n) is 9.00. The average Bonchev–Trinajstić information content (AvgIpc) is 3.19. The number of primary amides is 1. The lowest BCUT2D eigenvalue weighted by atomic mass is 9.86. The van der Waals surface area contributed by atoms with Crippen LogP contribution in [0.15, 0.2) is 27.8 Å². The lowest BCUT2D eigenvalue weighted by molar-refractivity contribution is -0.142. The third-order valence-electron chi connectivity index (χ3n) is 6.50. The molecule has 1 amide bonds. The van der Waals surface area contributed by atoms with Crippen molar-refractivity contribution in [3.63, 3.8) is 0 Å². The number of aromatic nitrogens is 4. The SMILES string of the molecule is Cn1c(=O)n(Cc2ccc(Cl)c(Cl)c2)c(=O)c2c1nc(NC1CCCC(C(=O)O)C1)n2CCC(N)=O. The summed E-state index contributed by atoms with van der Waals surface area (Å²) in [5.41, 5.74) is 5.09. The molecule has 1 saturated carbocycles. The topological polar surface area (TPSA) is 154 Å². The van der Waals surface area contributed by atoms with Gasteiger partial charge in [0.25, 0.3) is 5.56 Å². The third-order valence-corrected chi connectivity index (χ3v) is 7.23. The van der Waals surface area contributed by atoms with Gasteiger partial charge in [0.2, 0.25) is 11.9 Å². The van der Waals surface area contributed by atoms with E-state index >= 15 is 0 Å². The Morgan fingerprint density at radius 3 is 2.61 bits per heavy atom. The number of aliphatic carboxylic acids is 1. The number of aryl methyl sites for hydroxylation is 2. The molecular formula is C23H26Cl2N6O5. The van der Waals surface area contributed by atoms with Crippen molar-refractivity contribution in [2.75, 3.05) is 5.32 Å². The monoisotopic (exact) mass is 536 g/mol. The summed E-state index contributed by atoms with van der Waals surface area (Å²) in [7, 11) is 1.51. The predicted molar refractivity (Wildman–Crippen MR) is 136 cm³/mol. The van der Waals surface area contributed by atoms with Crippen LogP contribution in [0.4, 0.5) is 5.95 Å². The molecule has 2 unspecified atom stereocenters. The fourth-order valence-electron chi connectivity index (χ4n) is 4.61. The number of carboxylic acid groups (broad SMARTS) is 1. The second-order valence-corrected chi connectivity index (χ2v) is 9.81. The van der Waals surface area contributed by atoms with Crippen LogP contribution in [0.25, 0.3) is 11.2 Å². The zero-order chi connectivity index (χ0) is 26.1. The van der Waals surface area contributed by atoms with Crippen LogP contribution in [0.3, 0.4) is 0 Å². The van der Waals surface area contributed by atoms with Gasteiger partial charge in [0, 0.05) is 26.1 Å². The number of rotatable bonds is 8. The van der Waals surface area contributed by atoms with Gasteiger partial charge in [-0.2, -0.15) is 4.98 Å². The molecule has 0 saturated heterocycles. The number of nitrogens with two attached hydrogens (primary N) is 1. The Bertz CT molecular complexity index is 1460. The van der Waals surface area contributed by atoms with Crippen LogP contribution >= 0.6 is 23.2 Å². The fraction of sp³-hybridized carbons (Fsp3) is 0.435. The van der Waals surface area contributed by atoms with Crippen LogP contribution in [-0.4, -0.2) is 41.7 Å². The first-order chi connectivity index (χ1) is 17.1. The Labute approximate surface area is 215 Å². The van der Waals surface area contributed by atoms with Crippen molar-refractivity contribution in [2.24, 2.45) is 18.7 Å². The summed E-state index contributed by atoms with van der Waals surface area (Å²) < 4.78 is 3.87. The van der Waals surface area contributed by atoms with Crippen molar-refractivity contribution >= 4 is 52.2 Å². The number of carbonyl (C=O) groups excluding carboxylic acids is 1. The van der Waals surface area contributed by atoms with Gasteiger partial charge in [-0.1, -0.05) is 35.7 Å². The summed E-state index contributed by atoms with van der Waals surface area (Å²) in [5, 5.41) is 13.3. The Balaban J connectivity index is 1.81. The van der Waals surface area contributed by atoms with E-state index in [1.807, 2.05) is 0 Å². The summed E-state index contributed by atoms with van der Waals surface area (Å²) in [4.78, 5) is 54.3. The molecule has 1 fully saturated rings. The smallest absolute Gasteiger partial charge is 0.332 e. The summed E-state index contributed by atoms with van der Waals surface area (Å²) in [6.07, 6.45) is 2.39. The molecule has 0 radical (unpaired) electrons. The number of imidazole rings is 1. The Morgan fingerprint density at radius 2 is 1.94 bits per heavy atom. The van der Waals surface area contributed by atoms with Crippen LogP contribution in [0.1, 0.15) is 37.7 Å².